The summed E-state index contributed by atoms with van der Waals surface area (Å²) in [5.41, 5.74) is 7.48. The van der Waals surface area contributed by atoms with Crippen LogP contribution < -0.4 is 35.5 Å². The zero-order chi connectivity index (χ0) is 27.2. The number of hydrogen-bond acceptors (Lipinski definition) is 9. The molecular weight excluding hydrogens is 488 g/mol. The minimum Gasteiger partial charge on any atom is -0.497 e. The van der Waals surface area contributed by atoms with Crippen molar-refractivity contribution < 1.29 is 23.8 Å². The molecular formula is C27H30N6O5. The number of rotatable bonds is 10. The second-order valence-corrected chi connectivity index (χ2v) is 8.63. The molecule has 198 valence electrons. The van der Waals surface area contributed by atoms with E-state index in [0.717, 1.165) is 31.1 Å². The number of aromatic nitrogens is 2. The van der Waals surface area contributed by atoms with E-state index in [-0.39, 0.29) is 28.8 Å². The molecule has 11 heteroatoms. The van der Waals surface area contributed by atoms with E-state index in [1.165, 1.54) is 13.3 Å². The van der Waals surface area contributed by atoms with Crippen LogP contribution in [0.25, 0.3) is 0 Å². The maximum Gasteiger partial charge on any atom is 0.255 e. The van der Waals surface area contributed by atoms with Crippen LogP contribution in [0.4, 0.5) is 23.0 Å². The molecule has 2 aromatic carbocycles. The van der Waals surface area contributed by atoms with E-state index in [0.29, 0.717) is 23.2 Å². The molecule has 1 aromatic heterocycles. The lowest BCUT2D eigenvalue weighted by molar-refractivity contribution is -0.111. The van der Waals surface area contributed by atoms with Gasteiger partial charge in [0.2, 0.25) is 17.7 Å². The number of methoxy groups -OCH3 is 2. The summed E-state index contributed by atoms with van der Waals surface area (Å²) in [5, 5.41) is 5.77. The van der Waals surface area contributed by atoms with Crippen LogP contribution in [0.15, 0.2) is 55.3 Å². The number of amides is 2. The average Bonchev–Trinajstić information content (AvgIpc) is 3.35. The van der Waals surface area contributed by atoms with Gasteiger partial charge in [0, 0.05) is 36.6 Å². The topological polar surface area (TPSA) is 141 Å². The number of nitrogens with zero attached hydrogens (tertiary/aromatic N) is 3. The number of carbonyl (C=O) groups is 2. The smallest absolute Gasteiger partial charge is 0.255 e. The van der Waals surface area contributed by atoms with Gasteiger partial charge >= 0.3 is 0 Å². The van der Waals surface area contributed by atoms with Crippen LogP contribution in [0.1, 0.15) is 30.1 Å². The van der Waals surface area contributed by atoms with Crippen LogP contribution in [-0.2, 0) is 4.79 Å². The number of hydrogen-bond donors (Lipinski definition) is 3. The Balaban J connectivity index is 1.65. The predicted molar refractivity (Wildman–Crippen MR) is 145 cm³/mol. The molecule has 2 amide bonds. The largest absolute Gasteiger partial charge is 0.497 e. The summed E-state index contributed by atoms with van der Waals surface area (Å²) in [7, 11) is 3.08. The van der Waals surface area contributed by atoms with E-state index in [1.807, 2.05) is 18.2 Å². The van der Waals surface area contributed by atoms with Crippen molar-refractivity contribution in [2.24, 2.45) is 5.73 Å². The van der Waals surface area contributed by atoms with Gasteiger partial charge in [0.25, 0.3) is 5.91 Å². The number of nitrogens with one attached hydrogen (secondary N) is 2. The van der Waals surface area contributed by atoms with Gasteiger partial charge < -0.3 is 35.5 Å². The molecule has 2 heterocycles. The number of nitrogens with two attached hydrogens (primary N) is 1. The van der Waals surface area contributed by atoms with Gasteiger partial charge in [-0.15, -0.1) is 0 Å². The summed E-state index contributed by atoms with van der Waals surface area (Å²) < 4.78 is 16.8. The Kier molecular flexibility index (Phi) is 7.95. The zero-order valence-corrected chi connectivity index (χ0v) is 21.5. The molecule has 1 fully saturated rings. The number of primary amides is 1. The van der Waals surface area contributed by atoms with E-state index in [2.05, 4.69) is 39.0 Å². The van der Waals surface area contributed by atoms with Gasteiger partial charge in [-0.3, -0.25) is 9.59 Å². The summed E-state index contributed by atoms with van der Waals surface area (Å²) in [6.45, 7) is 6.66. The first-order chi connectivity index (χ1) is 18.3. The van der Waals surface area contributed by atoms with Crippen LogP contribution in [0, 0.1) is 0 Å². The molecule has 0 unspecified atom stereocenters. The summed E-state index contributed by atoms with van der Waals surface area (Å²) in [6, 6.07) is 11.1. The Morgan fingerprint density at radius 1 is 1.13 bits per heavy atom. The molecule has 0 saturated carbocycles. The van der Waals surface area contributed by atoms with Crippen LogP contribution in [0.3, 0.4) is 0 Å². The molecule has 1 aliphatic rings. The number of ether oxygens (including phenoxy) is 3. The summed E-state index contributed by atoms with van der Waals surface area (Å²) >= 11 is 0. The second-order valence-electron chi connectivity index (χ2n) is 8.63. The van der Waals surface area contributed by atoms with E-state index < -0.39 is 11.8 Å². The number of benzene rings is 2. The van der Waals surface area contributed by atoms with Crippen LogP contribution in [0.5, 0.6) is 23.1 Å². The van der Waals surface area contributed by atoms with Gasteiger partial charge in [-0.1, -0.05) is 6.58 Å². The normalized spacial score (nSPS) is 14.5. The van der Waals surface area contributed by atoms with Crippen LogP contribution in [0.2, 0.25) is 0 Å². The van der Waals surface area contributed by atoms with E-state index in [4.69, 9.17) is 19.9 Å². The van der Waals surface area contributed by atoms with Crippen molar-refractivity contribution in [1.29, 1.82) is 0 Å². The Bertz CT molecular complexity index is 1360. The minimum absolute atomic E-state index is 0.0438. The predicted octanol–water partition coefficient (Wildman–Crippen LogP) is 4.24. The molecule has 11 nitrogen and oxygen atoms in total. The molecule has 1 saturated heterocycles. The lowest BCUT2D eigenvalue weighted by Gasteiger charge is -2.25. The fraction of sp³-hybridized carbons (Fsp3) is 0.259. The minimum atomic E-state index is -0.779. The molecule has 1 aliphatic heterocycles. The van der Waals surface area contributed by atoms with E-state index >= 15 is 0 Å². The Morgan fingerprint density at radius 3 is 2.61 bits per heavy atom. The molecule has 4 rings (SSSR count). The first-order valence-corrected chi connectivity index (χ1v) is 12.0. The van der Waals surface area contributed by atoms with E-state index in [1.54, 1.807) is 25.3 Å². The van der Waals surface area contributed by atoms with Gasteiger partial charge in [0.1, 0.15) is 17.1 Å². The van der Waals surface area contributed by atoms with Gasteiger partial charge in [-0.25, -0.2) is 4.98 Å². The van der Waals surface area contributed by atoms with Crippen molar-refractivity contribution in [2.45, 2.75) is 25.8 Å². The fourth-order valence-corrected chi connectivity index (χ4v) is 4.18. The molecule has 3 aromatic rings. The first kappa shape index (κ1) is 26.3. The second kappa shape index (κ2) is 11.5. The number of carbonyl (C=O) groups excluding carboxylic acids is 2. The highest BCUT2D eigenvalue weighted by Gasteiger charge is 2.22. The summed E-state index contributed by atoms with van der Waals surface area (Å²) in [6.07, 6.45) is 4.69. The Labute approximate surface area is 220 Å². The van der Waals surface area contributed by atoms with Gasteiger partial charge in [0.05, 0.1) is 25.6 Å². The number of anilines is 4. The monoisotopic (exact) mass is 518 g/mol. The van der Waals surface area contributed by atoms with Gasteiger partial charge in [-0.05, 0) is 50.1 Å². The Morgan fingerprint density at radius 2 is 1.95 bits per heavy atom. The van der Waals surface area contributed by atoms with Crippen LogP contribution >= 0.6 is 0 Å². The fourth-order valence-electron chi connectivity index (χ4n) is 4.18. The molecule has 4 N–H and O–H groups in total. The molecule has 0 radical (unpaired) electrons. The standard InChI is InChI=1S/C27H30N6O5/c1-5-24(34)30-21-14-18(36-3)9-11-22(21)38-26-19(25(28)35)15-29-27(32-26)31-20-10-8-17(13-23(20)37-4)33-12-6-7-16(33)2/h5,8-11,13-16H,1,6-7,12H2,2-4H3,(H2,28,35)(H,30,34)(H,29,31,32)/t16-/m0/s1. The lowest BCUT2D eigenvalue weighted by atomic mass is 10.2. The first-order valence-electron chi connectivity index (χ1n) is 12.0. The highest BCUT2D eigenvalue weighted by molar-refractivity contribution is 6.00. The summed E-state index contributed by atoms with van der Waals surface area (Å²) in [4.78, 5) is 35.0. The molecule has 0 bridgehead atoms. The van der Waals surface area contributed by atoms with Crippen molar-refractivity contribution in [3.63, 3.8) is 0 Å². The third-order valence-corrected chi connectivity index (χ3v) is 6.17. The van der Waals surface area contributed by atoms with E-state index in [9.17, 15) is 9.59 Å². The van der Waals surface area contributed by atoms with Gasteiger partial charge in [-0.2, -0.15) is 4.98 Å². The maximum absolute atomic E-state index is 12.1. The highest BCUT2D eigenvalue weighted by atomic mass is 16.5. The molecule has 0 spiro atoms. The third-order valence-electron chi connectivity index (χ3n) is 6.17. The van der Waals surface area contributed by atoms with Crippen molar-refractivity contribution in [3.8, 4) is 23.1 Å². The zero-order valence-electron chi connectivity index (χ0n) is 21.5. The quantitative estimate of drug-likeness (QED) is 0.336. The third kappa shape index (κ3) is 5.77. The van der Waals surface area contributed by atoms with Crippen molar-refractivity contribution in [3.05, 3.63) is 60.8 Å². The Hall–Kier alpha value is -4.80. The average molecular weight is 519 g/mol. The summed E-state index contributed by atoms with van der Waals surface area (Å²) in [5.74, 6) is 0.105. The van der Waals surface area contributed by atoms with Crippen molar-refractivity contribution in [1.82, 2.24) is 9.97 Å². The highest BCUT2D eigenvalue weighted by Crippen LogP contribution is 2.36. The molecule has 0 aliphatic carbocycles. The maximum atomic E-state index is 12.1. The van der Waals surface area contributed by atoms with Crippen molar-refractivity contribution >= 4 is 34.8 Å². The lowest BCUT2D eigenvalue weighted by Crippen LogP contribution is -2.26. The van der Waals surface area contributed by atoms with Crippen molar-refractivity contribution in [2.75, 3.05) is 36.3 Å². The molecule has 1 atom stereocenters. The molecule has 38 heavy (non-hydrogen) atoms. The van der Waals surface area contributed by atoms with Gasteiger partial charge in [0.15, 0.2) is 5.75 Å². The van der Waals surface area contributed by atoms with Crippen LogP contribution in [-0.4, -0.2) is 48.6 Å². The SMILES string of the molecule is C=CC(=O)Nc1cc(OC)ccc1Oc1nc(Nc2ccc(N3CCC[C@@H]3C)cc2OC)ncc1C(N)=O.